The highest BCUT2D eigenvalue weighted by molar-refractivity contribution is 6.77. The van der Waals surface area contributed by atoms with Crippen LogP contribution in [0.5, 0.6) is 0 Å². The molecule has 0 saturated heterocycles. The van der Waals surface area contributed by atoms with Crippen molar-refractivity contribution in [3.63, 3.8) is 0 Å². The normalized spacial score (nSPS) is 12.2. The second kappa shape index (κ2) is 19.1. The van der Waals surface area contributed by atoms with E-state index in [9.17, 15) is 19.2 Å². The molecule has 2 aromatic rings. The number of carbonyl (C=O) groups excluding carboxylic acids is 4. The molecule has 0 aliphatic rings. The lowest BCUT2D eigenvalue weighted by Gasteiger charge is -2.43. The van der Waals surface area contributed by atoms with Crippen LogP contribution in [0.4, 0.5) is 0 Å². The van der Waals surface area contributed by atoms with Gasteiger partial charge in [0.25, 0.3) is 0 Å². The topological polar surface area (TPSA) is 105 Å². The zero-order chi connectivity index (χ0) is 35.8. The lowest BCUT2D eigenvalue weighted by molar-refractivity contribution is -0.205. The first-order valence-corrected chi connectivity index (χ1v) is 24.3. The first-order valence-electron chi connectivity index (χ1n) is 17.5. The average Bonchev–Trinajstić information content (AvgIpc) is 3.02. The van der Waals surface area contributed by atoms with E-state index >= 15 is 0 Å². The molecule has 10 heteroatoms. The molecule has 0 saturated carbocycles. The number of hydrogen-bond acceptors (Lipinski definition) is 8. The molecule has 0 radical (unpaired) electrons. The summed E-state index contributed by atoms with van der Waals surface area (Å²) in [6.45, 7) is 15.4. The van der Waals surface area contributed by atoms with Gasteiger partial charge in [-0.05, 0) is 52.6 Å². The summed E-state index contributed by atoms with van der Waals surface area (Å²) in [7, 11) is -3.83. The molecule has 0 N–H and O–H groups in total. The van der Waals surface area contributed by atoms with E-state index in [1.165, 1.54) is 11.1 Å². The van der Waals surface area contributed by atoms with Crippen LogP contribution >= 0.6 is 0 Å². The van der Waals surface area contributed by atoms with Crippen molar-refractivity contribution in [2.24, 2.45) is 10.8 Å². The van der Waals surface area contributed by atoms with Crippen molar-refractivity contribution in [2.75, 3.05) is 26.4 Å². The van der Waals surface area contributed by atoms with Gasteiger partial charge in [-0.2, -0.15) is 0 Å². The fraction of sp³-hybridized carbons (Fsp3) is 0.579. The smallest absolute Gasteiger partial charge is 0.325 e. The van der Waals surface area contributed by atoms with Crippen LogP contribution in [0.25, 0.3) is 0 Å². The van der Waals surface area contributed by atoms with Gasteiger partial charge in [0.15, 0.2) is 10.8 Å². The van der Waals surface area contributed by atoms with Gasteiger partial charge in [-0.3, -0.25) is 19.2 Å². The van der Waals surface area contributed by atoms with Crippen LogP contribution in [-0.2, 0) is 50.2 Å². The van der Waals surface area contributed by atoms with Gasteiger partial charge < -0.3 is 18.9 Å². The molecule has 2 aromatic carbocycles. The summed E-state index contributed by atoms with van der Waals surface area (Å²) in [5.41, 5.74) is -2.13. The Morgan fingerprint density at radius 1 is 0.500 bits per heavy atom. The predicted molar refractivity (Wildman–Crippen MR) is 195 cm³/mol. The minimum Gasteiger partial charge on any atom is -0.465 e. The number of carbonyl (C=O) groups is 4. The first-order chi connectivity index (χ1) is 22.7. The van der Waals surface area contributed by atoms with Gasteiger partial charge in [0.2, 0.25) is 0 Å². The van der Waals surface area contributed by atoms with Crippen molar-refractivity contribution in [1.82, 2.24) is 0 Å². The van der Waals surface area contributed by atoms with Crippen molar-refractivity contribution >= 4 is 40.0 Å². The molecular formula is C38H58O8Si2. The van der Waals surface area contributed by atoms with Gasteiger partial charge >= 0.3 is 23.9 Å². The van der Waals surface area contributed by atoms with Gasteiger partial charge in [-0.15, -0.1) is 0 Å². The molecule has 0 amide bonds. The summed E-state index contributed by atoms with van der Waals surface area (Å²) in [6, 6.07) is 23.7. The first kappa shape index (κ1) is 40.9. The summed E-state index contributed by atoms with van der Waals surface area (Å²) in [5.74, 6) is -3.80. The van der Waals surface area contributed by atoms with Crippen molar-refractivity contribution in [1.29, 1.82) is 0 Å². The molecule has 0 aliphatic heterocycles. The molecule has 0 bridgehead atoms. The van der Waals surface area contributed by atoms with Crippen molar-refractivity contribution < 1.29 is 38.1 Å². The maximum absolute atomic E-state index is 14.4. The van der Waals surface area contributed by atoms with Gasteiger partial charge in [-0.25, -0.2) is 0 Å². The Bertz CT molecular complexity index is 1170. The largest absolute Gasteiger partial charge is 0.465 e. The minimum atomic E-state index is -2.29. The Morgan fingerprint density at radius 2 is 0.771 bits per heavy atom. The van der Waals surface area contributed by atoms with Crippen LogP contribution in [0, 0.1) is 10.8 Å². The third-order valence-electron chi connectivity index (χ3n) is 9.09. The maximum atomic E-state index is 14.4. The van der Waals surface area contributed by atoms with Crippen molar-refractivity contribution in [3.05, 3.63) is 71.8 Å². The van der Waals surface area contributed by atoms with Crippen LogP contribution in [0.15, 0.2) is 60.7 Å². The maximum Gasteiger partial charge on any atom is 0.325 e. The second-order valence-electron chi connectivity index (χ2n) is 14.1. The zero-order valence-corrected chi connectivity index (χ0v) is 32.5. The summed E-state index contributed by atoms with van der Waals surface area (Å²) in [6.07, 6.45) is 0.577. The second-order valence-corrected chi connectivity index (χ2v) is 24.4. The van der Waals surface area contributed by atoms with Crippen LogP contribution in [0.3, 0.4) is 0 Å². The van der Waals surface area contributed by atoms with Crippen molar-refractivity contribution in [2.45, 2.75) is 104 Å². The highest BCUT2D eigenvalue weighted by Gasteiger charge is 2.72. The number of esters is 4. The van der Waals surface area contributed by atoms with E-state index in [-0.39, 0.29) is 39.3 Å². The molecule has 0 spiro atoms. The third-order valence-corrected chi connectivity index (χ3v) is 15.2. The molecule has 8 nitrogen and oxygen atoms in total. The summed E-state index contributed by atoms with van der Waals surface area (Å²) in [5, 5.41) is 0. The molecule has 0 fully saturated rings. The van der Waals surface area contributed by atoms with E-state index in [4.69, 9.17) is 18.9 Å². The van der Waals surface area contributed by atoms with Crippen molar-refractivity contribution in [3.8, 4) is 0 Å². The Morgan fingerprint density at radius 3 is 1.02 bits per heavy atom. The lowest BCUT2D eigenvalue weighted by atomic mass is 9.58. The number of rotatable bonds is 21. The summed E-state index contributed by atoms with van der Waals surface area (Å²) < 4.78 is 22.4. The van der Waals surface area contributed by atoms with Gasteiger partial charge in [0, 0.05) is 0 Å². The molecule has 48 heavy (non-hydrogen) atoms. The van der Waals surface area contributed by atoms with E-state index in [1.54, 1.807) is 27.7 Å². The van der Waals surface area contributed by atoms with E-state index in [0.29, 0.717) is 12.8 Å². The highest BCUT2D eigenvalue weighted by atomic mass is 28.3. The molecule has 2 rings (SSSR count). The number of hydrogen-bond donors (Lipinski definition) is 0. The molecule has 0 aliphatic carbocycles. The molecule has 266 valence electrons. The highest BCUT2D eigenvalue weighted by Crippen LogP contribution is 2.52. The van der Waals surface area contributed by atoms with Gasteiger partial charge in [-0.1, -0.05) is 123 Å². The Labute approximate surface area is 290 Å². The molecule has 0 aromatic heterocycles. The van der Waals surface area contributed by atoms with Gasteiger partial charge in [0.1, 0.15) is 0 Å². The van der Waals surface area contributed by atoms with Crippen LogP contribution < -0.4 is 0 Å². The molecule has 0 atom stereocenters. The quantitative estimate of drug-likeness (QED) is 0.0564. The van der Waals surface area contributed by atoms with Gasteiger partial charge in [0.05, 0.1) is 42.6 Å². The minimum absolute atomic E-state index is 0.0486. The average molecular weight is 699 g/mol. The Kier molecular flexibility index (Phi) is 16.3. The number of benzene rings is 2. The van der Waals surface area contributed by atoms with E-state index in [2.05, 4.69) is 50.5 Å². The zero-order valence-electron chi connectivity index (χ0n) is 30.5. The molecular weight excluding hydrogens is 641 g/mol. The van der Waals surface area contributed by atoms with Crippen LogP contribution in [0.1, 0.15) is 64.5 Å². The van der Waals surface area contributed by atoms with Crippen LogP contribution in [-0.4, -0.2) is 66.5 Å². The number of ether oxygens (including phenoxy) is 4. The monoisotopic (exact) mass is 698 g/mol. The predicted octanol–water partition coefficient (Wildman–Crippen LogP) is 7.75. The Balaban J connectivity index is 2.68. The molecule has 0 heterocycles. The molecule has 0 unspecified atom stereocenters. The van der Waals surface area contributed by atoms with E-state index in [1.807, 2.05) is 36.4 Å². The Hall–Kier alpha value is -3.25. The standard InChI is InChI=1S/C38H58O8Si2/c1-9-43-33(39)37(34(40)44-10-2,25-19-27-47(5,6)29-31-21-15-13-16-22-31)38(35(41)45-11-3,36(42)46-12-4)26-20-28-48(7,8)30-32-23-17-14-18-24-32/h13-18,21-24H,9-12,19-20,25-30H2,1-8H3. The third kappa shape index (κ3) is 10.6. The van der Waals surface area contributed by atoms with E-state index in [0.717, 1.165) is 24.2 Å². The summed E-state index contributed by atoms with van der Waals surface area (Å²) >= 11 is 0. The summed E-state index contributed by atoms with van der Waals surface area (Å²) in [4.78, 5) is 57.5. The van der Waals surface area contributed by atoms with Crippen LogP contribution in [0.2, 0.25) is 38.3 Å². The fourth-order valence-electron chi connectivity index (χ4n) is 6.85. The van der Waals surface area contributed by atoms with E-state index < -0.39 is 50.9 Å². The SMILES string of the molecule is CCOC(=O)C(CCC[Si](C)(C)Cc1ccccc1)(C(=O)OCC)C(CCC[Si](C)(C)Cc1ccccc1)(C(=O)OCC)C(=O)OCC. The lowest BCUT2D eigenvalue weighted by Crippen LogP contribution is -2.63. The fourth-order valence-corrected chi connectivity index (χ4v) is 12.2.